The van der Waals surface area contributed by atoms with Crippen molar-refractivity contribution < 1.29 is 39.0 Å². The van der Waals surface area contributed by atoms with Crippen LogP contribution in [0.1, 0.15) is 25.7 Å². The first kappa shape index (κ1) is 26.1. The number of carbonyl (C=O) groups is 6. The number of carboxylic acid groups (broad SMARTS) is 2. The Balaban J connectivity index is 4.79. The Morgan fingerprint density at radius 1 is 0.897 bits per heavy atom. The molecule has 0 aromatic heterocycles. The van der Waals surface area contributed by atoms with E-state index in [0.717, 1.165) is 0 Å². The molecule has 14 heteroatoms. The molecular formula is C15H25N5O8S. The van der Waals surface area contributed by atoms with Crippen molar-refractivity contribution in [2.45, 2.75) is 43.8 Å². The quantitative estimate of drug-likeness (QED) is 0.127. The van der Waals surface area contributed by atoms with Crippen LogP contribution in [0, 0.1) is 0 Å². The van der Waals surface area contributed by atoms with Crippen molar-refractivity contribution in [1.82, 2.24) is 16.0 Å². The second kappa shape index (κ2) is 13.3. The molecule has 0 aliphatic heterocycles. The second-order valence-corrected chi connectivity index (χ2v) is 6.33. The van der Waals surface area contributed by atoms with Crippen LogP contribution >= 0.6 is 12.6 Å². The van der Waals surface area contributed by atoms with Gasteiger partial charge in [0.2, 0.25) is 23.6 Å². The first-order valence-corrected chi connectivity index (χ1v) is 9.07. The zero-order valence-electron chi connectivity index (χ0n) is 15.4. The Bertz CT molecular complexity index is 644. The van der Waals surface area contributed by atoms with E-state index in [2.05, 4.69) is 28.6 Å². The molecule has 3 unspecified atom stereocenters. The van der Waals surface area contributed by atoms with Gasteiger partial charge >= 0.3 is 11.9 Å². The van der Waals surface area contributed by atoms with Crippen molar-refractivity contribution in [3.05, 3.63) is 0 Å². The minimum atomic E-state index is -1.35. The molecule has 13 nitrogen and oxygen atoms in total. The van der Waals surface area contributed by atoms with E-state index in [-0.39, 0.29) is 25.0 Å². The fraction of sp³-hybridized carbons (Fsp3) is 0.600. The van der Waals surface area contributed by atoms with Gasteiger partial charge in [-0.15, -0.1) is 0 Å². The third-order valence-corrected chi connectivity index (χ3v) is 3.92. The molecule has 0 saturated heterocycles. The van der Waals surface area contributed by atoms with Crippen LogP contribution in [0.4, 0.5) is 0 Å². The number of aliphatic carboxylic acids is 2. The predicted molar refractivity (Wildman–Crippen MR) is 102 cm³/mol. The van der Waals surface area contributed by atoms with Crippen LogP contribution in [0.5, 0.6) is 0 Å². The van der Waals surface area contributed by atoms with Gasteiger partial charge in [-0.1, -0.05) is 0 Å². The van der Waals surface area contributed by atoms with Crippen LogP contribution in [-0.2, 0) is 28.8 Å². The average molecular weight is 435 g/mol. The van der Waals surface area contributed by atoms with Crippen LogP contribution in [0.2, 0.25) is 0 Å². The van der Waals surface area contributed by atoms with Crippen molar-refractivity contribution in [1.29, 1.82) is 0 Å². The first-order chi connectivity index (χ1) is 13.5. The molecule has 3 atom stereocenters. The smallest absolute Gasteiger partial charge is 0.327 e. The number of primary amides is 1. The molecule has 0 bridgehead atoms. The molecule has 4 amide bonds. The molecule has 0 rings (SSSR count). The molecule has 0 aliphatic rings. The van der Waals surface area contributed by atoms with Gasteiger partial charge in [0.25, 0.3) is 0 Å². The topological polar surface area (TPSA) is 231 Å². The molecule has 0 fully saturated rings. The normalized spacial score (nSPS) is 13.4. The number of rotatable bonds is 14. The van der Waals surface area contributed by atoms with Gasteiger partial charge < -0.3 is 37.6 Å². The number of carboxylic acids is 2. The number of amides is 4. The molecule has 9 N–H and O–H groups in total. The molecule has 0 aliphatic carbocycles. The highest BCUT2D eigenvalue weighted by Gasteiger charge is 2.26. The van der Waals surface area contributed by atoms with Crippen LogP contribution in [0.3, 0.4) is 0 Å². The van der Waals surface area contributed by atoms with Gasteiger partial charge in [0, 0.05) is 18.6 Å². The standard InChI is InChI=1S/C15H25N5O8S/c16-7(1-3-10(17)21)13(25)18-5-11(22)19-8(2-4-12(23)24)14(26)20-9(6-29)15(27)28/h7-9,29H,1-6,16H2,(H2,17,21)(H,18,25)(H,19,22)(H,20,26)(H,23,24)(H,27,28). The zero-order chi connectivity index (χ0) is 22.6. The van der Waals surface area contributed by atoms with Crippen LogP contribution in [0.25, 0.3) is 0 Å². The molecule has 0 heterocycles. The molecule has 0 radical (unpaired) electrons. The fourth-order valence-corrected chi connectivity index (χ4v) is 2.21. The Morgan fingerprint density at radius 2 is 1.52 bits per heavy atom. The summed E-state index contributed by atoms with van der Waals surface area (Å²) in [5, 5.41) is 24.3. The third-order valence-electron chi connectivity index (χ3n) is 3.56. The number of carbonyl (C=O) groups excluding carboxylic acids is 4. The van der Waals surface area contributed by atoms with E-state index in [1.165, 1.54) is 0 Å². The van der Waals surface area contributed by atoms with Gasteiger partial charge in [0.15, 0.2) is 0 Å². The Hall–Kier alpha value is -2.87. The van der Waals surface area contributed by atoms with E-state index in [0.29, 0.717) is 0 Å². The van der Waals surface area contributed by atoms with Crippen LogP contribution < -0.4 is 27.4 Å². The summed E-state index contributed by atoms with van der Waals surface area (Å²) in [4.78, 5) is 68.3. The van der Waals surface area contributed by atoms with Crippen molar-refractivity contribution in [3.8, 4) is 0 Å². The Kier molecular flexibility index (Phi) is 12.0. The number of thiol groups is 1. The van der Waals surface area contributed by atoms with Crippen LogP contribution in [0.15, 0.2) is 0 Å². The summed E-state index contributed by atoms with van der Waals surface area (Å²) in [5.74, 6) is -5.91. The van der Waals surface area contributed by atoms with Crippen molar-refractivity contribution in [2.75, 3.05) is 12.3 Å². The fourth-order valence-electron chi connectivity index (χ4n) is 1.97. The number of nitrogens with two attached hydrogens (primary N) is 2. The van der Waals surface area contributed by atoms with E-state index in [1.54, 1.807) is 0 Å². The number of hydrogen-bond acceptors (Lipinski definition) is 8. The lowest BCUT2D eigenvalue weighted by Crippen LogP contribution is -2.54. The lowest BCUT2D eigenvalue weighted by atomic mass is 10.1. The molecule has 0 aromatic rings. The summed E-state index contributed by atoms with van der Waals surface area (Å²) in [5.41, 5.74) is 10.5. The first-order valence-electron chi connectivity index (χ1n) is 8.44. The molecule has 164 valence electrons. The number of hydrogen-bond donors (Lipinski definition) is 8. The second-order valence-electron chi connectivity index (χ2n) is 5.96. The highest BCUT2D eigenvalue weighted by molar-refractivity contribution is 7.80. The predicted octanol–water partition coefficient (Wildman–Crippen LogP) is -3.46. The van der Waals surface area contributed by atoms with E-state index >= 15 is 0 Å². The van der Waals surface area contributed by atoms with Gasteiger partial charge in [-0.2, -0.15) is 12.6 Å². The van der Waals surface area contributed by atoms with E-state index < -0.39 is 66.7 Å². The summed E-state index contributed by atoms with van der Waals surface area (Å²) in [6, 6.07) is -3.76. The van der Waals surface area contributed by atoms with Crippen molar-refractivity contribution in [3.63, 3.8) is 0 Å². The lowest BCUT2D eigenvalue weighted by molar-refractivity contribution is -0.142. The Morgan fingerprint density at radius 3 is 2.00 bits per heavy atom. The molecule has 29 heavy (non-hydrogen) atoms. The maximum atomic E-state index is 12.2. The van der Waals surface area contributed by atoms with Crippen molar-refractivity contribution >= 4 is 48.2 Å². The largest absolute Gasteiger partial charge is 0.481 e. The van der Waals surface area contributed by atoms with Gasteiger partial charge in [-0.25, -0.2) is 4.79 Å². The lowest BCUT2D eigenvalue weighted by Gasteiger charge is -2.20. The summed E-state index contributed by atoms with van der Waals surface area (Å²) in [7, 11) is 0. The van der Waals surface area contributed by atoms with E-state index in [4.69, 9.17) is 21.7 Å². The monoisotopic (exact) mass is 435 g/mol. The maximum absolute atomic E-state index is 12.2. The van der Waals surface area contributed by atoms with E-state index in [1.807, 2.05) is 0 Å². The molecule has 0 spiro atoms. The highest BCUT2D eigenvalue weighted by atomic mass is 32.1. The third kappa shape index (κ3) is 11.5. The minimum Gasteiger partial charge on any atom is -0.481 e. The van der Waals surface area contributed by atoms with Crippen molar-refractivity contribution in [2.24, 2.45) is 11.5 Å². The van der Waals surface area contributed by atoms with Gasteiger partial charge in [-0.3, -0.25) is 24.0 Å². The van der Waals surface area contributed by atoms with Gasteiger partial charge in [-0.05, 0) is 12.8 Å². The zero-order valence-corrected chi connectivity index (χ0v) is 16.3. The minimum absolute atomic E-state index is 0.0211. The summed E-state index contributed by atoms with van der Waals surface area (Å²) >= 11 is 3.79. The van der Waals surface area contributed by atoms with E-state index in [9.17, 15) is 28.8 Å². The van der Waals surface area contributed by atoms with Gasteiger partial charge in [0.05, 0.1) is 12.6 Å². The highest BCUT2D eigenvalue weighted by Crippen LogP contribution is 2.00. The molecule has 0 saturated carbocycles. The molecule has 0 aromatic carbocycles. The summed E-state index contributed by atoms with van der Waals surface area (Å²) in [6.07, 6.45) is -0.917. The molecular weight excluding hydrogens is 410 g/mol. The average Bonchev–Trinajstić information content (AvgIpc) is 2.64. The van der Waals surface area contributed by atoms with Crippen LogP contribution in [-0.4, -0.2) is 76.2 Å². The summed E-state index contributed by atoms with van der Waals surface area (Å²) < 4.78 is 0. The Labute approximate surface area is 171 Å². The number of nitrogens with one attached hydrogen (secondary N) is 3. The van der Waals surface area contributed by atoms with Gasteiger partial charge in [0.1, 0.15) is 12.1 Å². The summed E-state index contributed by atoms with van der Waals surface area (Å²) in [6.45, 7) is -0.575. The maximum Gasteiger partial charge on any atom is 0.327 e. The SMILES string of the molecule is NC(=O)CCC(N)C(=O)NCC(=O)NC(CCC(=O)O)C(=O)NC(CS)C(=O)O.